The number of primary sulfonamides is 1. The molecular formula is C14H13BrFNO3S. The zero-order chi connectivity index (χ0) is 15.6. The lowest BCUT2D eigenvalue weighted by Crippen LogP contribution is -2.14. The first kappa shape index (κ1) is 15.9. The van der Waals surface area contributed by atoms with E-state index in [-0.39, 0.29) is 21.7 Å². The van der Waals surface area contributed by atoms with Crippen LogP contribution in [0.4, 0.5) is 4.39 Å². The molecule has 2 aromatic carbocycles. The summed E-state index contributed by atoms with van der Waals surface area (Å²) in [5.74, 6) is -0.272. The fourth-order valence-corrected chi connectivity index (χ4v) is 2.91. The van der Waals surface area contributed by atoms with Crippen molar-refractivity contribution in [2.75, 3.05) is 0 Å². The van der Waals surface area contributed by atoms with Crippen molar-refractivity contribution in [1.29, 1.82) is 0 Å². The van der Waals surface area contributed by atoms with Crippen molar-refractivity contribution >= 4 is 26.0 Å². The summed E-state index contributed by atoms with van der Waals surface area (Å²) in [4.78, 5) is -0.0879. The molecular weight excluding hydrogens is 361 g/mol. The molecule has 0 amide bonds. The molecule has 0 unspecified atom stereocenters. The van der Waals surface area contributed by atoms with Gasteiger partial charge in [-0.25, -0.2) is 17.9 Å². The first-order valence-corrected chi connectivity index (χ1v) is 8.32. The molecule has 0 saturated heterocycles. The highest BCUT2D eigenvalue weighted by atomic mass is 79.9. The smallest absolute Gasteiger partial charge is 0.241 e. The van der Waals surface area contributed by atoms with Crippen molar-refractivity contribution in [3.8, 4) is 5.75 Å². The summed E-state index contributed by atoms with van der Waals surface area (Å²) >= 11 is 3.13. The van der Waals surface area contributed by atoms with Gasteiger partial charge in [0.1, 0.15) is 23.1 Å². The normalized spacial score (nSPS) is 11.4. The Hall–Kier alpha value is -1.44. The molecule has 0 spiro atoms. The summed E-state index contributed by atoms with van der Waals surface area (Å²) in [6.45, 7) is 1.77. The molecule has 0 aliphatic carbocycles. The minimum Gasteiger partial charge on any atom is -0.487 e. The topological polar surface area (TPSA) is 69.4 Å². The molecule has 0 fully saturated rings. The van der Waals surface area contributed by atoms with Crippen LogP contribution in [0.3, 0.4) is 0 Å². The van der Waals surface area contributed by atoms with E-state index in [1.54, 1.807) is 25.1 Å². The molecule has 0 heterocycles. The number of sulfonamides is 1. The minimum atomic E-state index is -3.89. The summed E-state index contributed by atoms with van der Waals surface area (Å²) in [5.41, 5.74) is 1.31. The van der Waals surface area contributed by atoms with Gasteiger partial charge in [0.25, 0.3) is 0 Å². The zero-order valence-electron chi connectivity index (χ0n) is 11.1. The van der Waals surface area contributed by atoms with E-state index in [9.17, 15) is 12.8 Å². The Morgan fingerprint density at radius 3 is 2.67 bits per heavy atom. The van der Waals surface area contributed by atoms with Gasteiger partial charge in [-0.3, -0.25) is 0 Å². The maximum Gasteiger partial charge on any atom is 0.241 e. The molecule has 0 aliphatic rings. The van der Waals surface area contributed by atoms with Gasteiger partial charge in [-0.15, -0.1) is 0 Å². The first-order valence-electron chi connectivity index (χ1n) is 5.98. The lowest BCUT2D eigenvalue weighted by molar-refractivity contribution is 0.296. The molecule has 0 aliphatic heterocycles. The fourth-order valence-electron chi connectivity index (χ4n) is 1.77. The van der Waals surface area contributed by atoms with Gasteiger partial charge >= 0.3 is 0 Å². The Morgan fingerprint density at radius 2 is 2.00 bits per heavy atom. The molecule has 2 N–H and O–H groups in total. The van der Waals surface area contributed by atoms with E-state index in [2.05, 4.69) is 15.9 Å². The molecule has 0 radical (unpaired) electrons. The van der Waals surface area contributed by atoms with Gasteiger partial charge in [-0.05, 0) is 46.6 Å². The fraction of sp³-hybridized carbons (Fsp3) is 0.143. The second-order valence-electron chi connectivity index (χ2n) is 4.50. The molecule has 2 aromatic rings. The quantitative estimate of drug-likeness (QED) is 0.894. The maximum absolute atomic E-state index is 13.4. The predicted molar refractivity (Wildman–Crippen MR) is 81.0 cm³/mol. The van der Waals surface area contributed by atoms with Gasteiger partial charge in [0.2, 0.25) is 10.0 Å². The average molecular weight is 374 g/mol. The number of ether oxygens (including phenoxy) is 1. The minimum absolute atomic E-state index is 0.0178. The number of aryl methyl sites for hydroxylation is 1. The van der Waals surface area contributed by atoms with Gasteiger partial charge in [0.05, 0.1) is 4.47 Å². The highest BCUT2D eigenvalue weighted by Gasteiger charge is 2.16. The van der Waals surface area contributed by atoms with Crippen LogP contribution in [-0.4, -0.2) is 8.42 Å². The molecule has 112 valence electrons. The Morgan fingerprint density at radius 1 is 1.29 bits per heavy atom. The molecule has 0 bridgehead atoms. The van der Waals surface area contributed by atoms with Gasteiger partial charge in [-0.1, -0.05) is 18.2 Å². The summed E-state index contributed by atoms with van der Waals surface area (Å²) in [6.07, 6.45) is 0. The number of halogens is 2. The number of hydrogen-bond acceptors (Lipinski definition) is 3. The third-order valence-electron chi connectivity index (χ3n) is 2.82. The second-order valence-corrected chi connectivity index (χ2v) is 6.82. The monoisotopic (exact) mass is 373 g/mol. The van der Waals surface area contributed by atoms with Crippen LogP contribution in [0.1, 0.15) is 11.1 Å². The van der Waals surface area contributed by atoms with Crippen LogP contribution in [0.5, 0.6) is 5.75 Å². The van der Waals surface area contributed by atoms with Crippen LogP contribution in [0.25, 0.3) is 0 Å². The highest BCUT2D eigenvalue weighted by molar-refractivity contribution is 9.10. The van der Waals surface area contributed by atoms with Crippen LogP contribution in [0.2, 0.25) is 0 Å². The van der Waals surface area contributed by atoms with E-state index in [1.807, 2.05) is 0 Å². The Kier molecular flexibility index (Phi) is 4.65. The SMILES string of the molecule is Cc1ccc(OCc2cccc(F)c2Br)c(S(N)(=O)=O)c1. The predicted octanol–water partition coefficient (Wildman–Crippen LogP) is 3.12. The van der Waals surface area contributed by atoms with Crippen molar-refractivity contribution in [3.05, 3.63) is 57.8 Å². The molecule has 21 heavy (non-hydrogen) atoms. The molecule has 0 saturated carbocycles. The summed E-state index contributed by atoms with van der Waals surface area (Å²) in [6, 6.07) is 9.22. The van der Waals surface area contributed by atoms with Gasteiger partial charge in [-0.2, -0.15) is 0 Å². The Labute approximate surface area is 130 Å². The van der Waals surface area contributed by atoms with Crippen molar-refractivity contribution in [2.24, 2.45) is 5.14 Å². The molecule has 0 aromatic heterocycles. The van der Waals surface area contributed by atoms with Crippen LogP contribution >= 0.6 is 15.9 Å². The summed E-state index contributed by atoms with van der Waals surface area (Å²) in [5, 5.41) is 5.17. The molecule has 2 rings (SSSR count). The lowest BCUT2D eigenvalue weighted by atomic mass is 10.2. The average Bonchev–Trinajstić information content (AvgIpc) is 2.40. The third-order valence-corrected chi connectivity index (χ3v) is 4.64. The lowest BCUT2D eigenvalue weighted by Gasteiger charge is -2.12. The van der Waals surface area contributed by atoms with Crippen molar-refractivity contribution in [3.63, 3.8) is 0 Å². The Bertz CT molecular complexity index is 778. The summed E-state index contributed by atoms with van der Waals surface area (Å²) < 4.78 is 42.3. The molecule has 7 heteroatoms. The van der Waals surface area contributed by atoms with E-state index >= 15 is 0 Å². The highest BCUT2D eigenvalue weighted by Crippen LogP contribution is 2.27. The van der Waals surface area contributed by atoms with E-state index in [1.165, 1.54) is 18.2 Å². The Balaban J connectivity index is 2.31. The zero-order valence-corrected chi connectivity index (χ0v) is 13.5. The standard InChI is InChI=1S/C14H13BrFNO3S/c1-9-5-6-12(13(7-9)21(17,18)19)20-8-10-3-2-4-11(16)14(10)15/h2-7H,8H2,1H3,(H2,17,18,19). The van der Waals surface area contributed by atoms with Crippen LogP contribution in [-0.2, 0) is 16.6 Å². The van der Waals surface area contributed by atoms with Crippen molar-refractivity contribution in [1.82, 2.24) is 0 Å². The van der Waals surface area contributed by atoms with Gasteiger partial charge in [0, 0.05) is 5.56 Å². The van der Waals surface area contributed by atoms with Crippen LogP contribution < -0.4 is 9.88 Å². The van der Waals surface area contributed by atoms with Gasteiger partial charge < -0.3 is 4.74 Å². The number of benzene rings is 2. The van der Waals surface area contributed by atoms with Crippen LogP contribution in [0, 0.1) is 12.7 Å². The van der Waals surface area contributed by atoms with E-state index in [0.717, 1.165) is 5.56 Å². The van der Waals surface area contributed by atoms with Crippen LogP contribution in [0.15, 0.2) is 45.8 Å². The molecule has 4 nitrogen and oxygen atoms in total. The second kappa shape index (κ2) is 6.13. The van der Waals surface area contributed by atoms with E-state index in [0.29, 0.717) is 5.56 Å². The van der Waals surface area contributed by atoms with Crippen molar-refractivity contribution < 1.29 is 17.5 Å². The number of hydrogen-bond donors (Lipinski definition) is 1. The summed E-state index contributed by atoms with van der Waals surface area (Å²) in [7, 11) is -3.89. The van der Waals surface area contributed by atoms with Gasteiger partial charge in [0.15, 0.2) is 0 Å². The first-order chi connectivity index (χ1) is 9.79. The van der Waals surface area contributed by atoms with E-state index in [4.69, 9.17) is 9.88 Å². The number of nitrogens with two attached hydrogens (primary N) is 1. The van der Waals surface area contributed by atoms with E-state index < -0.39 is 15.8 Å². The maximum atomic E-state index is 13.4. The largest absolute Gasteiger partial charge is 0.487 e. The number of rotatable bonds is 4. The van der Waals surface area contributed by atoms with Crippen molar-refractivity contribution in [2.45, 2.75) is 18.4 Å². The third kappa shape index (κ3) is 3.81. The molecule has 0 atom stereocenters.